The Morgan fingerprint density at radius 1 is 1.07 bits per heavy atom. The number of hydrogen-bond donors (Lipinski definition) is 1. The lowest BCUT2D eigenvalue weighted by molar-refractivity contribution is -0.141. The van der Waals surface area contributed by atoms with Crippen molar-refractivity contribution in [1.29, 1.82) is 0 Å². The molecule has 0 aliphatic carbocycles. The summed E-state index contributed by atoms with van der Waals surface area (Å²) >= 11 is 0. The number of piperazine rings is 1. The number of aryl methyl sites for hydroxylation is 2. The molecule has 2 heterocycles. The van der Waals surface area contributed by atoms with E-state index in [1.54, 1.807) is 16.7 Å². The Kier molecular flexibility index (Phi) is 5.82. The Labute approximate surface area is 163 Å². The third kappa shape index (κ3) is 4.24. The number of aromatic nitrogens is 1. The van der Waals surface area contributed by atoms with Crippen LogP contribution in [0.25, 0.3) is 10.8 Å². The van der Waals surface area contributed by atoms with Crippen LogP contribution in [0.3, 0.4) is 0 Å². The van der Waals surface area contributed by atoms with Crippen molar-refractivity contribution in [1.82, 2.24) is 14.8 Å². The molecule has 2 amide bonds. The van der Waals surface area contributed by atoms with Gasteiger partial charge in [-0.05, 0) is 42.5 Å². The summed E-state index contributed by atoms with van der Waals surface area (Å²) in [5.41, 5.74) is 1.01. The van der Waals surface area contributed by atoms with Gasteiger partial charge in [0.25, 0.3) is 5.56 Å². The molecule has 1 aromatic heterocycles. The van der Waals surface area contributed by atoms with E-state index in [1.807, 2.05) is 19.9 Å². The molecule has 1 aromatic carbocycles. The van der Waals surface area contributed by atoms with E-state index < -0.39 is 5.82 Å². The Balaban J connectivity index is 1.62. The highest BCUT2D eigenvalue weighted by Crippen LogP contribution is 2.18. The van der Waals surface area contributed by atoms with Gasteiger partial charge in [0.2, 0.25) is 11.8 Å². The molecule has 1 saturated heterocycles. The minimum absolute atomic E-state index is 0.00780. The number of H-pyrrole nitrogens is 1. The van der Waals surface area contributed by atoms with Gasteiger partial charge in [-0.15, -0.1) is 0 Å². The molecule has 0 unspecified atom stereocenters. The van der Waals surface area contributed by atoms with Gasteiger partial charge in [0.1, 0.15) is 5.82 Å². The van der Waals surface area contributed by atoms with Gasteiger partial charge in [-0.2, -0.15) is 0 Å². The lowest BCUT2D eigenvalue weighted by atomic mass is 10.0. The van der Waals surface area contributed by atoms with Crippen molar-refractivity contribution in [2.45, 2.75) is 33.6 Å². The normalized spacial score (nSPS) is 14.8. The zero-order chi connectivity index (χ0) is 20.4. The molecule has 0 spiro atoms. The second-order valence-electron chi connectivity index (χ2n) is 7.67. The summed E-state index contributed by atoms with van der Waals surface area (Å²) in [4.78, 5) is 43.1. The van der Waals surface area contributed by atoms with Crippen molar-refractivity contribution < 1.29 is 14.0 Å². The third-order valence-electron chi connectivity index (χ3n) is 5.24. The molecule has 0 radical (unpaired) electrons. The Morgan fingerprint density at radius 2 is 1.71 bits per heavy atom. The van der Waals surface area contributed by atoms with Crippen LogP contribution in [0.15, 0.2) is 23.0 Å². The molecule has 1 N–H and O–H groups in total. The molecular formula is C21H26FN3O3. The molecule has 2 aromatic rings. The number of carbonyl (C=O) groups excluding carboxylic acids is 2. The van der Waals surface area contributed by atoms with Crippen LogP contribution in [0.5, 0.6) is 0 Å². The molecule has 0 atom stereocenters. The zero-order valence-corrected chi connectivity index (χ0v) is 16.5. The van der Waals surface area contributed by atoms with Crippen LogP contribution in [0, 0.1) is 18.7 Å². The summed E-state index contributed by atoms with van der Waals surface area (Å²) in [7, 11) is 0. The van der Waals surface area contributed by atoms with Gasteiger partial charge in [-0.25, -0.2) is 4.39 Å². The summed E-state index contributed by atoms with van der Waals surface area (Å²) in [6.45, 7) is 7.69. The quantitative estimate of drug-likeness (QED) is 0.874. The SMILES string of the molecule is Cc1cc(F)cc2c(=O)[nH]c(CCC(=O)N3CCN(C(=O)C(C)C)CC3)cc12. The Morgan fingerprint density at radius 3 is 2.36 bits per heavy atom. The number of amides is 2. The van der Waals surface area contributed by atoms with E-state index in [9.17, 15) is 18.8 Å². The number of nitrogens with zero attached hydrogens (tertiary/aromatic N) is 2. The zero-order valence-electron chi connectivity index (χ0n) is 16.5. The molecule has 0 saturated carbocycles. The van der Waals surface area contributed by atoms with Gasteiger partial charge >= 0.3 is 0 Å². The molecule has 0 bridgehead atoms. The van der Waals surface area contributed by atoms with Gasteiger partial charge < -0.3 is 14.8 Å². The molecule has 150 valence electrons. The van der Waals surface area contributed by atoms with Crippen LogP contribution in [-0.4, -0.2) is 52.8 Å². The molecular weight excluding hydrogens is 361 g/mol. The number of benzene rings is 1. The van der Waals surface area contributed by atoms with Gasteiger partial charge in [0, 0.05) is 44.2 Å². The lowest BCUT2D eigenvalue weighted by Crippen LogP contribution is -2.51. The number of carbonyl (C=O) groups is 2. The molecule has 3 rings (SSSR count). The molecule has 28 heavy (non-hydrogen) atoms. The van der Waals surface area contributed by atoms with E-state index in [1.165, 1.54) is 12.1 Å². The molecule has 1 aliphatic heterocycles. The minimum Gasteiger partial charge on any atom is -0.339 e. The number of rotatable bonds is 4. The van der Waals surface area contributed by atoms with Crippen molar-refractivity contribution in [3.8, 4) is 0 Å². The van der Waals surface area contributed by atoms with Gasteiger partial charge in [0.15, 0.2) is 0 Å². The van der Waals surface area contributed by atoms with E-state index >= 15 is 0 Å². The van der Waals surface area contributed by atoms with Crippen molar-refractivity contribution in [3.05, 3.63) is 45.6 Å². The number of pyridine rings is 1. The maximum Gasteiger partial charge on any atom is 0.256 e. The number of aromatic amines is 1. The first-order valence-electron chi connectivity index (χ1n) is 9.65. The van der Waals surface area contributed by atoms with Crippen molar-refractivity contribution in [3.63, 3.8) is 0 Å². The Bertz CT molecular complexity index is 959. The van der Waals surface area contributed by atoms with Crippen LogP contribution in [0.2, 0.25) is 0 Å². The highest BCUT2D eigenvalue weighted by molar-refractivity contribution is 5.85. The van der Waals surface area contributed by atoms with E-state index in [-0.39, 0.29) is 29.7 Å². The topological polar surface area (TPSA) is 73.5 Å². The van der Waals surface area contributed by atoms with E-state index in [4.69, 9.17) is 0 Å². The summed E-state index contributed by atoms with van der Waals surface area (Å²) in [5.74, 6) is -0.349. The third-order valence-corrected chi connectivity index (χ3v) is 5.24. The van der Waals surface area contributed by atoms with Gasteiger partial charge in [-0.1, -0.05) is 13.8 Å². The fraction of sp³-hybridized carbons (Fsp3) is 0.476. The van der Waals surface area contributed by atoms with Gasteiger partial charge in [0.05, 0.1) is 5.39 Å². The predicted octanol–water partition coefficient (Wildman–Crippen LogP) is 2.24. The van der Waals surface area contributed by atoms with Crippen LogP contribution >= 0.6 is 0 Å². The molecule has 7 heteroatoms. The number of nitrogens with one attached hydrogen (secondary N) is 1. The first-order chi connectivity index (χ1) is 13.3. The number of fused-ring (bicyclic) bond motifs is 1. The van der Waals surface area contributed by atoms with E-state index in [0.29, 0.717) is 54.6 Å². The maximum absolute atomic E-state index is 13.5. The minimum atomic E-state index is -0.437. The second-order valence-corrected chi connectivity index (χ2v) is 7.67. The maximum atomic E-state index is 13.5. The second kappa shape index (κ2) is 8.12. The molecule has 1 fully saturated rings. The van der Waals surface area contributed by atoms with Crippen LogP contribution < -0.4 is 5.56 Å². The lowest BCUT2D eigenvalue weighted by Gasteiger charge is -2.35. The van der Waals surface area contributed by atoms with E-state index in [2.05, 4.69) is 4.98 Å². The predicted molar refractivity (Wildman–Crippen MR) is 106 cm³/mol. The van der Waals surface area contributed by atoms with Crippen molar-refractivity contribution in [2.75, 3.05) is 26.2 Å². The first kappa shape index (κ1) is 20.0. The average molecular weight is 387 g/mol. The first-order valence-corrected chi connectivity index (χ1v) is 9.65. The van der Waals surface area contributed by atoms with Crippen molar-refractivity contribution in [2.24, 2.45) is 5.92 Å². The van der Waals surface area contributed by atoms with Crippen LogP contribution in [-0.2, 0) is 16.0 Å². The smallest absolute Gasteiger partial charge is 0.256 e. The number of hydrogen-bond acceptors (Lipinski definition) is 3. The standard InChI is InChI=1S/C21H26FN3O3/c1-13(2)21(28)25-8-6-24(7-9-25)19(26)5-4-16-12-17-14(3)10-15(22)11-18(17)20(27)23-16/h10-13H,4-9H2,1-3H3,(H,23,27). The fourth-order valence-corrected chi connectivity index (χ4v) is 3.63. The van der Waals surface area contributed by atoms with E-state index in [0.717, 1.165) is 0 Å². The molecule has 1 aliphatic rings. The van der Waals surface area contributed by atoms with Gasteiger partial charge in [-0.3, -0.25) is 14.4 Å². The Hall–Kier alpha value is -2.70. The van der Waals surface area contributed by atoms with Crippen LogP contribution in [0.4, 0.5) is 4.39 Å². The molecule has 6 nitrogen and oxygen atoms in total. The average Bonchev–Trinajstić information content (AvgIpc) is 2.66. The summed E-state index contributed by atoms with van der Waals surface area (Å²) in [5, 5.41) is 1.02. The highest BCUT2D eigenvalue weighted by Gasteiger charge is 2.25. The monoisotopic (exact) mass is 387 g/mol. The summed E-state index contributed by atoms with van der Waals surface area (Å²) < 4.78 is 13.5. The highest BCUT2D eigenvalue weighted by atomic mass is 19.1. The fourth-order valence-electron chi connectivity index (χ4n) is 3.63. The van der Waals surface area contributed by atoms with Crippen LogP contribution in [0.1, 0.15) is 31.5 Å². The largest absolute Gasteiger partial charge is 0.339 e. The van der Waals surface area contributed by atoms with Crippen molar-refractivity contribution >= 4 is 22.6 Å². The summed E-state index contributed by atoms with van der Waals surface area (Å²) in [6, 6.07) is 4.45. The summed E-state index contributed by atoms with van der Waals surface area (Å²) in [6.07, 6.45) is 0.686. The number of halogens is 1.